The molecule has 3 aromatic carbocycles. The largest absolute Gasteiger partial charge is 0.345 e. The van der Waals surface area contributed by atoms with E-state index in [-0.39, 0.29) is 36.2 Å². The Morgan fingerprint density at radius 3 is 1.80 bits per heavy atom. The first-order valence-corrected chi connectivity index (χ1v) is 10.4. The minimum Gasteiger partial charge on any atom is -0.345 e. The predicted octanol–water partition coefficient (Wildman–Crippen LogP) is 4.50. The van der Waals surface area contributed by atoms with Gasteiger partial charge in [0.2, 0.25) is 11.8 Å². The van der Waals surface area contributed by atoms with Gasteiger partial charge in [0.25, 0.3) is 0 Å². The third-order valence-corrected chi connectivity index (χ3v) is 5.83. The van der Waals surface area contributed by atoms with Crippen LogP contribution in [-0.4, -0.2) is 23.3 Å². The zero-order valence-corrected chi connectivity index (χ0v) is 17.1. The first kappa shape index (κ1) is 19.9. The van der Waals surface area contributed by atoms with Gasteiger partial charge in [0.05, 0.1) is 18.0 Å². The zero-order chi connectivity index (χ0) is 20.9. The number of carbonyl (C=O) groups is 2. The summed E-state index contributed by atoms with van der Waals surface area (Å²) in [5.74, 6) is -0.398. The highest BCUT2D eigenvalue weighted by Gasteiger charge is 2.37. The molecule has 3 aromatic rings. The van der Waals surface area contributed by atoms with Crippen molar-refractivity contribution in [2.45, 2.75) is 25.4 Å². The van der Waals surface area contributed by atoms with Crippen molar-refractivity contribution in [2.24, 2.45) is 5.92 Å². The highest BCUT2D eigenvalue weighted by atomic mass is 16.2. The Morgan fingerprint density at radius 2 is 1.30 bits per heavy atom. The average molecular weight is 399 g/mol. The van der Waals surface area contributed by atoms with Gasteiger partial charge in [-0.1, -0.05) is 91.0 Å². The molecule has 4 heteroatoms. The monoisotopic (exact) mass is 398 g/mol. The van der Waals surface area contributed by atoms with Crippen molar-refractivity contribution >= 4 is 11.8 Å². The van der Waals surface area contributed by atoms with Crippen LogP contribution in [0, 0.1) is 5.92 Å². The average Bonchev–Trinajstić information content (AvgIpc) is 3.20. The fourth-order valence-electron chi connectivity index (χ4n) is 4.10. The molecule has 0 unspecified atom stereocenters. The first-order valence-electron chi connectivity index (χ1n) is 10.4. The number of nitrogens with zero attached hydrogens (tertiary/aromatic N) is 1. The number of hydrogen-bond donors (Lipinski definition) is 1. The number of amides is 2. The van der Waals surface area contributed by atoms with Crippen LogP contribution in [0.1, 0.15) is 42.1 Å². The standard InChI is InChI=1S/C26H26N2O2/c1-19(20-11-5-2-6-12-20)28-18-23(17-24(28)29)26(30)27-25(21-13-7-3-8-14-21)22-15-9-4-10-16-22/h2-16,19,23,25H,17-18H2,1H3,(H,27,30)/t19-,23+/m0/s1. The second-order valence-electron chi connectivity index (χ2n) is 7.80. The Balaban J connectivity index is 1.50. The fraction of sp³-hybridized carbons (Fsp3) is 0.231. The first-order chi connectivity index (χ1) is 14.6. The van der Waals surface area contributed by atoms with Gasteiger partial charge in [-0.3, -0.25) is 9.59 Å². The maximum atomic E-state index is 13.2. The van der Waals surface area contributed by atoms with E-state index in [1.807, 2.05) is 103 Å². The molecule has 0 aromatic heterocycles. The molecule has 1 fully saturated rings. The molecule has 1 aliphatic rings. The molecule has 4 rings (SSSR count). The van der Waals surface area contributed by atoms with Crippen LogP contribution in [0.2, 0.25) is 0 Å². The molecule has 1 aliphatic heterocycles. The van der Waals surface area contributed by atoms with E-state index < -0.39 is 0 Å². The summed E-state index contributed by atoms with van der Waals surface area (Å²) in [5.41, 5.74) is 3.13. The number of carbonyl (C=O) groups excluding carboxylic acids is 2. The van der Waals surface area contributed by atoms with Gasteiger partial charge in [0, 0.05) is 13.0 Å². The summed E-state index contributed by atoms with van der Waals surface area (Å²) in [6.45, 7) is 2.46. The van der Waals surface area contributed by atoms with Crippen molar-refractivity contribution in [1.29, 1.82) is 0 Å². The fourth-order valence-corrected chi connectivity index (χ4v) is 4.10. The van der Waals surface area contributed by atoms with Crippen LogP contribution in [0.25, 0.3) is 0 Å². The van der Waals surface area contributed by atoms with Gasteiger partial charge in [-0.25, -0.2) is 0 Å². The molecule has 0 aliphatic carbocycles. The molecular formula is C26H26N2O2. The van der Waals surface area contributed by atoms with E-state index in [1.54, 1.807) is 0 Å². The lowest BCUT2D eigenvalue weighted by Crippen LogP contribution is -2.36. The van der Waals surface area contributed by atoms with Gasteiger partial charge in [-0.15, -0.1) is 0 Å². The third-order valence-electron chi connectivity index (χ3n) is 5.83. The second-order valence-corrected chi connectivity index (χ2v) is 7.80. The number of likely N-dealkylation sites (tertiary alicyclic amines) is 1. The predicted molar refractivity (Wildman–Crippen MR) is 118 cm³/mol. The molecular weight excluding hydrogens is 372 g/mol. The van der Waals surface area contributed by atoms with Crippen LogP contribution in [0.4, 0.5) is 0 Å². The highest BCUT2D eigenvalue weighted by molar-refractivity contribution is 5.89. The third kappa shape index (κ3) is 4.28. The maximum absolute atomic E-state index is 13.2. The number of hydrogen-bond acceptors (Lipinski definition) is 2. The van der Waals surface area contributed by atoms with Crippen molar-refractivity contribution in [3.63, 3.8) is 0 Å². The van der Waals surface area contributed by atoms with Crippen LogP contribution < -0.4 is 5.32 Å². The number of benzene rings is 3. The summed E-state index contributed by atoms with van der Waals surface area (Å²) >= 11 is 0. The van der Waals surface area contributed by atoms with Gasteiger partial charge in [-0.05, 0) is 23.6 Å². The summed E-state index contributed by atoms with van der Waals surface area (Å²) in [7, 11) is 0. The second kappa shape index (κ2) is 8.95. The van der Waals surface area contributed by atoms with Gasteiger partial charge in [0.15, 0.2) is 0 Å². The molecule has 1 heterocycles. The number of nitrogens with one attached hydrogen (secondary N) is 1. The Bertz CT molecular complexity index is 950. The topological polar surface area (TPSA) is 49.4 Å². The normalized spacial score (nSPS) is 17.2. The molecule has 0 radical (unpaired) electrons. The minimum absolute atomic E-state index is 0.0301. The van der Waals surface area contributed by atoms with Crippen molar-refractivity contribution in [3.05, 3.63) is 108 Å². The van der Waals surface area contributed by atoms with Crippen molar-refractivity contribution in [1.82, 2.24) is 10.2 Å². The Kier molecular flexibility index (Phi) is 5.94. The maximum Gasteiger partial charge on any atom is 0.226 e. The molecule has 0 saturated carbocycles. The van der Waals surface area contributed by atoms with Crippen molar-refractivity contribution in [3.8, 4) is 0 Å². The molecule has 1 N–H and O–H groups in total. The summed E-state index contributed by atoms with van der Waals surface area (Å²) in [6, 6.07) is 29.5. The van der Waals surface area contributed by atoms with Crippen LogP contribution >= 0.6 is 0 Å². The van der Waals surface area contributed by atoms with Crippen molar-refractivity contribution < 1.29 is 9.59 Å². The van der Waals surface area contributed by atoms with Crippen molar-refractivity contribution in [2.75, 3.05) is 6.54 Å². The molecule has 1 saturated heterocycles. The molecule has 152 valence electrons. The molecule has 0 bridgehead atoms. The summed E-state index contributed by atoms with van der Waals surface area (Å²) in [4.78, 5) is 27.7. The smallest absolute Gasteiger partial charge is 0.226 e. The lowest BCUT2D eigenvalue weighted by atomic mass is 9.97. The Morgan fingerprint density at radius 1 is 0.833 bits per heavy atom. The van der Waals surface area contributed by atoms with Gasteiger partial charge in [0.1, 0.15) is 0 Å². The summed E-state index contributed by atoms with van der Waals surface area (Å²) in [6.07, 6.45) is 0.249. The molecule has 30 heavy (non-hydrogen) atoms. The van der Waals surface area contributed by atoms with Gasteiger partial charge >= 0.3 is 0 Å². The van der Waals surface area contributed by atoms with Crippen LogP contribution in [0.3, 0.4) is 0 Å². The molecule has 2 atom stereocenters. The molecule has 0 spiro atoms. The van der Waals surface area contributed by atoms with E-state index in [4.69, 9.17) is 0 Å². The Labute approximate surface area is 177 Å². The minimum atomic E-state index is -0.349. The van der Waals surface area contributed by atoms with E-state index in [2.05, 4.69) is 5.32 Å². The van der Waals surface area contributed by atoms with Gasteiger partial charge < -0.3 is 10.2 Å². The molecule has 2 amide bonds. The lowest BCUT2D eigenvalue weighted by Gasteiger charge is -2.26. The van der Waals surface area contributed by atoms with Gasteiger partial charge in [-0.2, -0.15) is 0 Å². The van der Waals surface area contributed by atoms with Crippen LogP contribution in [-0.2, 0) is 9.59 Å². The number of rotatable bonds is 6. The lowest BCUT2D eigenvalue weighted by molar-refractivity contribution is -0.130. The van der Waals surface area contributed by atoms with Crippen LogP contribution in [0.5, 0.6) is 0 Å². The summed E-state index contributed by atoms with van der Waals surface area (Å²) in [5, 5.41) is 3.19. The van der Waals surface area contributed by atoms with E-state index in [1.165, 1.54) is 0 Å². The van der Waals surface area contributed by atoms with E-state index in [0.717, 1.165) is 16.7 Å². The SMILES string of the molecule is C[C@@H](c1ccccc1)N1C[C@H](C(=O)NC(c2ccccc2)c2ccccc2)CC1=O. The van der Waals surface area contributed by atoms with E-state index >= 15 is 0 Å². The zero-order valence-electron chi connectivity index (χ0n) is 17.1. The Hall–Kier alpha value is -3.40. The van der Waals surface area contributed by atoms with E-state index in [0.29, 0.717) is 6.54 Å². The van der Waals surface area contributed by atoms with Crippen LogP contribution in [0.15, 0.2) is 91.0 Å². The van der Waals surface area contributed by atoms with E-state index in [9.17, 15) is 9.59 Å². The molecule has 4 nitrogen and oxygen atoms in total. The summed E-state index contributed by atoms with van der Waals surface area (Å²) < 4.78 is 0. The highest BCUT2D eigenvalue weighted by Crippen LogP contribution is 2.30. The quantitative estimate of drug-likeness (QED) is 0.665.